The number of carbonyl (C=O) groups excluding carboxylic acids is 2. The first-order valence-corrected chi connectivity index (χ1v) is 10.8. The predicted octanol–water partition coefficient (Wildman–Crippen LogP) is 4.95. The van der Waals surface area contributed by atoms with E-state index in [4.69, 9.17) is 30.2 Å². The van der Waals surface area contributed by atoms with Gasteiger partial charge in [0.25, 0.3) is 0 Å². The number of fused-ring (bicyclic) bond motifs is 3. The van der Waals surface area contributed by atoms with Gasteiger partial charge in [-0.2, -0.15) is 5.10 Å². The molecule has 0 aliphatic carbocycles. The summed E-state index contributed by atoms with van der Waals surface area (Å²) in [6, 6.07) is 16.5. The van der Waals surface area contributed by atoms with E-state index < -0.39 is 11.9 Å². The van der Waals surface area contributed by atoms with E-state index in [0.29, 0.717) is 16.9 Å². The zero-order valence-corrected chi connectivity index (χ0v) is 19.2. The fraction of sp³-hybridized carbons (Fsp3) is 0.160. The number of hydrogen-bond donors (Lipinski definition) is 1. The molecule has 0 bridgehead atoms. The molecule has 0 saturated carbocycles. The van der Waals surface area contributed by atoms with Crippen LogP contribution in [0.4, 0.5) is 0 Å². The van der Waals surface area contributed by atoms with Gasteiger partial charge in [0.2, 0.25) is 0 Å². The van der Waals surface area contributed by atoms with E-state index in [0.717, 1.165) is 16.2 Å². The van der Waals surface area contributed by atoms with Crippen LogP contribution in [-0.2, 0) is 9.53 Å². The Bertz CT molecular complexity index is 1400. The van der Waals surface area contributed by atoms with Crippen molar-refractivity contribution in [2.24, 2.45) is 5.10 Å². The molecule has 0 saturated heterocycles. The maximum absolute atomic E-state index is 12.6. The Hall–Kier alpha value is -4.04. The maximum atomic E-state index is 12.6. The van der Waals surface area contributed by atoms with Crippen molar-refractivity contribution in [1.29, 1.82) is 0 Å². The molecule has 0 aliphatic rings. The van der Waals surface area contributed by atoms with Gasteiger partial charge >= 0.3 is 11.9 Å². The third-order valence-electron chi connectivity index (χ3n) is 4.92. The number of nitrogens with zero attached hydrogens (tertiary/aromatic N) is 1. The Morgan fingerprint density at radius 2 is 1.94 bits per heavy atom. The molecule has 0 spiro atoms. The lowest BCUT2D eigenvalue weighted by Gasteiger charge is -2.12. The topological polar surface area (TPSA) is 99.4 Å². The lowest BCUT2D eigenvalue weighted by molar-refractivity contribution is -0.145. The minimum Gasteiger partial charge on any atom is -0.493 e. The summed E-state index contributed by atoms with van der Waals surface area (Å²) in [7, 11) is 1.44. The molecule has 0 aliphatic heterocycles. The molecular weight excluding hydrogens is 460 g/mol. The fourth-order valence-corrected chi connectivity index (χ4v) is 3.69. The molecule has 0 radical (unpaired) electrons. The van der Waals surface area contributed by atoms with Crippen molar-refractivity contribution in [3.8, 4) is 11.5 Å². The molecule has 174 valence electrons. The summed E-state index contributed by atoms with van der Waals surface area (Å²) in [5, 5.41) is 7.09. The van der Waals surface area contributed by atoms with Crippen LogP contribution in [-0.4, -0.2) is 38.4 Å². The molecule has 1 amide bonds. The van der Waals surface area contributed by atoms with Crippen molar-refractivity contribution >= 4 is 51.4 Å². The van der Waals surface area contributed by atoms with Gasteiger partial charge in [-0.15, -0.1) is 0 Å². The van der Waals surface area contributed by atoms with Gasteiger partial charge in [0.05, 0.1) is 25.0 Å². The largest absolute Gasteiger partial charge is 0.493 e. The maximum Gasteiger partial charge on any atom is 0.344 e. The van der Waals surface area contributed by atoms with Gasteiger partial charge < -0.3 is 18.6 Å². The highest BCUT2D eigenvalue weighted by Crippen LogP contribution is 2.36. The summed E-state index contributed by atoms with van der Waals surface area (Å²) in [5.41, 5.74) is 3.60. The first-order valence-electron chi connectivity index (χ1n) is 10.4. The monoisotopic (exact) mass is 480 g/mol. The number of hydrogen-bond acceptors (Lipinski definition) is 7. The molecule has 4 rings (SSSR count). The summed E-state index contributed by atoms with van der Waals surface area (Å²) in [6.45, 7) is 1.65. The number of rotatable bonds is 8. The van der Waals surface area contributed by atoms with E-state index in [1.165, 1.54) is 13.3 Å². The number of carbonyl (C=O) groups is 2. The number of ether oxygens (including phenoxy) is 3. The van der Waals surface area contributed by atoms with E-state index >= 15 is 0 Å². The van der Waals surface area contributed by atoms with Crippen LogP contribution in [0.5, 0.6) is 11.5 Å². The minimum atomic E-state index is -0.521. The second-order valence-corrected chi connectivity index (χ2v) is 7.54. The number of amides is 1. The van der Waals surface area contributed by atoms with Crippen LogP contribution in [0, 0.1) is 0 Å². The average Bonchev–Trinajstić information content (AvgIpc) is 3.28. The third kappa shape index (κ3) is 4.97. The normalized spacial score (nSPS) is 11.1. The highest BCUT2D eigenvalue weighted by molar-refractivity contribution is 6.32. The number of halogens is 1. The van der Waals surface area contributed by atoms with Crippen molar-refractivity contribution < 1.29 is 28.2 Å². The van der Waals surface area contributed by atoms with Crippen molar-refractivity contribution in [1.82, 2.24) is 5.43 Å². The molecule has 1 N–H and O–H groups in total. The minimum absolute atomic E-state index is 0.141. The van der Waals surface area contributed by atoms with E-state index in [9.17, 15) is 9.59 Å². The van der Waals surface area contributed by atoms with Crippen molar-refractivity contribution in [3.05, 3.63) is 70.9 Å². The second kappa shape index (κ2) is 10.3. The summed E-state index contributed by atoms with van der Waals surface area (Å²) in [4.78, 5) is 24.1. The smallest absolute Gasteiger partial charge is 0.344 e. The Morgan fingerprint density at radius 3 is 2.74 bits per heavy atom. The van der Waals surface area contributed by atoms with E-state index in [1.54, 1.807) is 25.1 Å². The molecule has 4 aromatic rings. The van der Waals surface area contributed by atoms with Gasteiger partial charge in [-0.3, -0.25) is 4.79 Å². The number of methoxy groups -OCH3 is 1. The fourth-order valence-electron chi connectivity index (χ4n) is 3.41. The van der Waals surface area contributed by atoms with Crippen LogP contribution in [0.15, 0.2) is 64.1 Å². The first-order chi connectivity index (χ1) is 16.5. The third-order valence-corrected chi connectivity index (χ3v) is 5.20. The zero-order valence-electron chi connectivity index (χ0n) is 18.5. The van der Waals surface area contributed by atoms with Crippen LogP contribution in [0.3, 0.4) is 0 Å². The van der Waals surface area contributed by atoms with E-state index in [1.807, 2.05) is 36.4 Å². The number of nitrogens with one attached hydrogen (secondary N) is 1. The van der Waals surface area contributed by atoms with Crippen LogP contribution >= 0.6 is 11.6 Å². The molecule has 0 fully saturated rings. The highest BCUT2D eigenvalue weighted by Gasteiger charge is 2.15. The molecule has 1 heterocycles. The highest BCUT2D eigenvalue weighted by atomic mass is 35.5. The summed E-state index contributed by atoms with van der Waals surface area (Å²) < 4.78 is 21.3. The van der Waals surface area contributed by atoms with Crippen LogP contribution in [0.25, 0.3) is 21.7 Å². The van der Waals surface area contributed by atoms with Crippen molar-refractivity contribution in [2.45, 2.75) is 6.92 Å². The van der Waals surface area contributed by atoms with Gasteiger partial charge in [-0.1, -0.05) is 41.9 Å². The Labute approximate surface area is 200 Å². The molecule has 0 unspecified atom stereocenters. The van der Waals surface area contributed by atoms with E-state index in [-0.39, 0.29) is 29.7 Å². The Balaban J connectivity index is 1.47. The van der Waals surface area contributed by atoms with Crippen molar-refractivity contribution in [3.63, 3.8) is 0 Å². The molecule has 0 atom stereocenters. The summed E-state index contributed by atoms with van der Waals surface area (Å²) in [5.74, 6) is -0.375. The molecule has 34 heavy (non-hydrogen) atoms. The van der Waals surface area contributed by atoms with Gasteiger partial charge in [-0.25, -0.2) is 10.2 Å². The number of hydrazone groups is 1. The number of esters is 1. The van der Waals surface area contributed by atoms with Crippen LogP contribution < -0.4 is 14.9 Å². The van der Waals surface area contributed by atoms with Gasteiger partial charge in [0.1, 0.15) is 5.58 Å². The predicted molar refractivity (Wildman–Crippen MR) is 129 cm³/mol. The molecule has 1 aromatic heterocycles. The second-order valence-electron chi connectivity index (χ2n) is 7.14. The number of benzene rings is 3. The summed E-state index contributed by atoms with van der Waals surface area (Å²) in [6.07, 6.45) is 1.40. The Morgan fingerprint density at radius 1 is 1.12 bits per heavy atom. The Kier molecular flexibility index (Phi) is 6.98. The molecule has 3 aromatic carbocycles. The SMILES string of the molecule is CCOC(=O)COc1c(Cl)cc(/C=N/NC(=O)c2cc3c(ccc4ccccc43)o2)cc1OC. The lowest BCUT2D eigenvalue weighted by atomic mass is 10.1. The van der Waals surface area contributed by atoms with Crippen LogP contribution in [0.1, 0.15) is 23.0 Å². The van der Waals surface area contributed by atoms with E-state index in [2.05, 4.69) is 10.5 Å². The van der Waals surface area contributed by atoms with Gasteiger partial charge in [0.15, 0.2) is 23.9 Å². The quantitative estimate of drug-likeness (QED) is 0.217. The zero-order chi connectivity index (χ0) is 24.1. The molecule has 9 heteroatoms. The molecular formula is C25H21ClN2O6. The standard InChI is InChI=1S/C25H21ClN2O6/c1-3-32-23(29)14-33-24-19(26)10-15(11-21(24)31-2)13-27-28-25(30)22-12-18-17-7-5-4-6-16(17)8-9-20(18)34-22/h4-13H,3,14H2,1-2H3,(H,28,30)/b27-13+. The average molecular weight is 481 g/mol. The summed E-state index contributed by atoms with van der Waals surface area (Å²) >= 11 is 6.28. The van der Waals surface area contributed by atoms with Gasteiger partial charge in [-0.05, 0) is 47.5 Å². The van der Waals surface area contributed by atoms with Crippen LogP contribution in [0.2, 0.25) is 5.02 Å². The van der Waals surface area contributed by atoms with Gasteiger partial charge in [0, 0.05) is 5.39 Å². The number of furan rings is 1. The lowest BCUT2D eigenvalue weighted by Crippen LogP contribution is -2.16. The first kappa shape index (κ1) is 23.1. The van der Waals surface area contributed by atoms with Crippen molar-refractivity contribution in [2.75, 3.05) is 20.3 Å². The molecule has 8 nitrogen and oxygen atoms in total.